The van der Waals surface area contributed by atoms with Gasteiger partial charge in [-0.25, -0.2) is 4.79 Å². The third-order valence-corrected chi connectivity index (χ3v) is 2.65. The highest BCUT2D eigenvalue weighted by Gasteiger charge is 2.23. The van der Waals surface area contributed by atoms with Crippen molar-refractivity contribution in [2.75, 3.05) is 7.05 Å². The minimum Gasteiger partial charge on any atom is -0.444 e. The number of ether oxygens (including phenoxy) is 1. The summed E-state index contributed by atoms with van der Waals surface area (Å²) in [6.45, 7) is 5.46. The first kappa shape index (κ1) is 17.7. The summed E-state index contributed by atoms with van der Waals surface area (Å²) < 4.78 is 4.84. The Morgan fingerprint density at radius 2 is 1.89 bits per heavy atom. The Bertz CT molecular complexity index is 300. The number of hydrogen-bond donors (Lipinski definition) is 3. The van der Waals surface area contributed by atoms with Crippen LogP contribution in [0, 0.1) is 5.92 Å². The van der Waals surface area contributed by atoms with Crippen LogP contribution in [0.4, 0.5) is 4.79 Å². The number of amides is 2. The number of hydrogen-bond acceptors (Lipinski definition) is 4. The average molecular weight is 274 g/mol. The number of aliphatic hydroxyl groups is 1. The van der Waals surface area contributed by atoms with Crippen molar-refractivity contribution in [3.63, 3.8) is 0 Å². The Balaban J connectivity index is 0.000000344. The van der Waals surface area contributed by atoms with Gasteiger partial charge in [0.25, 0.3) is 0 Å². The molecule has 2 amide bonds. The van der Waals surface area contributed by atoms with Gasteiger partial charge in [0, 0.05) is 13.0 Å². The van der Waals surface area contributed by atoms with Crippen molar-refractivity contribution in [2.45, 2.75) is 58.2 Å². The average Bonchev–Trinajstić information content (AvgIpc) is 2.27. The molecule has 0 radical (unpaired) electrons. The first-order valence-electron chi connectivity index (χ1n) is 6.54. The van der Waals surface area contributed by atoms with E-state index < -0.39 is 0 Å². The Morgan fingerprint density at radius 3 is 2.16 bits per heavy atom. The van der Waals surface area contributed by atoms with E-state index in [4.69, 9.17) is 15.6 Å². The van der Waals surface area contributed by atoms with E-state index in [0.717, 1.165) is 19.3 Å². The molecule has 0 saturated heterocycles. The highest BCUT2D eigenvalue weighted by Crippen LogP contribution is 2.23. The molecule has 0 aromatic heterocycles. The molecule has 0 aromatic rings. The van der Waals surface area contributed by atoms with E-state index in [2.05, 4.69) is 5.32 Å². The Labute approximate surface area is 114 Å². The van der Waals surface area contributed by atoms with Crippen molar-refractivity contribution in [3.05, 3.63) is 0 Å². The molecule has 2 atom stereocenters. The zero-order valence-electron chi connectivity index (χ0n) is 12.2. The maximum Gasteiger partial charge on any atom is 0.407 e. The fourth-order valence-corrected chi connectivity index (χ4v) is 1.75. The maximum absolute atomic E-state index is 10.6. The summed E-state index contributed by atoms with van der Waals surface area (Å²) in [5, 5.41) is 11.5. The third kappa shape index (κ3) is 9.30. The number of alkyl carbamates (subject to hydrolysis) is 1. The quantitative estimate of drug-likeness (QED) is 0.667. The van der Waals surface area contributed by atoms with Crippen molar-refractivity contribution in [1.29, 1.82) is 0 Å². The largest absolute Gasteiger partial charge is 0.444 e. The van der Waals surface area contributed by atoms with Crippen LogP contribution < -0.4 is 11.1 Å². The fourth-order valence-electron chi connectivity index (χ4n) is 1.75. The van der Waals surface area contributed by atoms with Crippen LogP contribution in [0.1, 0.15) is 46.5 Å². The van der Waals surface area contributed by atoms with Crippen LogP contribution in [-0.2, 0) is 9.53 Å². The molecule has 19 heavy (non-hydrogen) atoms. The van der Waals surface area contributed by atoms with Gasteiger partial charge in [-0.15, -0.1) is 0 Å². The van der Waals surface area contributed by atoms with Crippen molar-refractivity contribution in [3.8, 4) is 0 Å². The maximum atomic E-state index is 10.6. The molecule has 6 heteroatoms. The lowest BCUT2D eigenvalue weighted by atomic mass is 9.87. The van der Waals surface area contributed by atoms with Crippen LogP contribution in [0.2, 0.25) is 0 Å². The summed E-state index contributed by atoms with van der Waals surface area (Å²) in [7, 11) is 1.54. The van der Waals surface area contributed by atoms with Gasteiger partial charge < -0.3 is 20.9 Å². The summed E-state index contributed by atoms with van der Waals surface area (Å²) >= 11 is 0. The molecule has 112 valence electrons. The molecule has 1 aliphatic carbocycles. The van der Waals surface area contributed by atoms with Gasteiger partial charge in [-0.3, -0.25) is 4.79 Å². The van der Waals surface area contributed by atoms with E-state index >= 15 is 0 Å². The van der Waals surface area contributed by atoms with Crippen LogP contribution in [0.5, 0.6) is 0 Å². The molecule has 0 bridgehead atoms. The second-order valence-corrected chi connectivity index (χ2v) is 5.67. The molecule has 4 N–H and O–H groups in total. The van der Waals surface area contributed by atoms with Crippen LogP contribution in [-0.4, -0.2) is 35.9 Å². The van der Waals surface area contributed by atoms with Gasteiger partial charge in [-0.2, -0.15) is 0 Å². The minimum absolute atomic E-state index is 0.0799. The monoisotopic (exact) mass is 274 g/mol. The molecule has 1 aliphatic rings. The second kappa shape index (κ2) is 7.99. The molecule has 0 aromatic carbocycles. The van der Waals surface area contributed by atoms with E-state index in [-0.39, 0.29) is 29.6 Å². The predicted molar refractivity (Wildman–Crippen MR) is 72.5 cm³/mol. The molecule has 1 saturated carbocycles. The zero-order valence-corrected chi connectivity index (χ0v) is 12.2. The number of nitrogens with two attached hydrogens (primary N) is 1. The SMILES string of the molecule is CNC(=O)OC(C)(C)C.NC(=O)[C@@H]1CCCC(O)C1. The van der Waals surface area contributed by atoms with Crippen molar-refractivity contribution < 1.29 is 19.4 Å². The van der Waals surface area contributed by atoms with Crippen LogP contribution >= 0.6 is 0 Å². The lowest BCUT2D eigenvalue weighted by Crippen LogP contribution is -2.30. The standard InChI is InChI=1S/C7H13NO2.C6H13NO2/c8-7(10)5-2-1-3-6(9)4-5;1-6(2,3)9-5(8)7-4/h5-6,9H,1-4H2,(H2,8,10);1-4H3,(H,7,8)/t5-,6?;/m1./s1. The van der Waals surface area contributed by atoms with Gasteiger partial charge in [-0.05, 0) is 40.0 Å². The van der Waals surface area contributed by atoms with Crippen molar-refractivity contribution >= 4 is 12.0 Å². The second-order valence-electron chi connectivity index (χ2n) is 5.67. The highest BCUT2D eigenvalue weighted by atomic mass is 16.6. The smallest absolute Gasteiger partial charge is 0.407 e. The molecular formula is C13H26N2O4. The molecule has 0 spiro atoms. The van der Waals surface area contributed by atoms with E-state index in [9.17, 15) is 9.59 Å². The lowest BCUT2D eigenvalue weighted by molar-refractivity contribution is -0.123. The van der Waals surface area contributed by atoms with Gasteiger partial charge in [0.15, 0.2) is 0 Å². The van der Waals surface area contributed by atoms with Crippen LogP contribution in [0.15, 0.2) is 0 Å². The van der Waals surface area contributed by atoms with E-state index in [1.807, 2.05) is 20.8 Å². The van der Waals surface area contributed by atoms with Gasteiger partial charge in [0.1, 0.15) is 5.60 Å². The molecule has 0 heterocycles. The topological polar surface area (TPSA) is 102 Å². The summed E-state index contributed by atoms with van der Waals surface area (Å²) in [6.07, 6.45) is 2.48. The van der Waals surface area contributed by atoms with E-state index in [1.54, 1.807) is 0 Å². The third-order valence-electron chi connectivity index (χ3n) is 2.65. The molecule has 1 rings (SSSR count). The fraction of sp³-hybridized carbons (Fsp3) is 0.846. The number of nitrogens with one attached hydrogen (secondary N) is 1. The number of primary amides is 1. The normalized spacial score (nSPS) is 22.8. The zero-order chi connectivity index (χ0) is 15.1. The predicted octanol–water partition coefficient (Wildman–Crippen LogP) is 1.16. The van der Waals surface area contributed by atoms with Crippen molar-refractivity contribution in [2.24, 2.45) is 11.7 Å². The number of aliphatic hydroxyl groups excluding tert-OH is 1. The summed E-state index contributed by atoms with van der Waals surface area (Å²) in [5.41, 5.74) is 4.69. The van der Waals surface area contributed by atoms with E-state index in [1.165, 1.54) is 7.05 Å². The molecular weight excluding hydrogens is 248 g/mol. The van der Waals surface area contributed by atoms with E-state index in [0.29, 0.717) is 6.42 Å². The van der Waals surface area contributed by atoms with Crippen molar-refractivity contribution in [1.82, 2.24) is 5.32 Å². The summed E-state index contributed by atoms with van der Waals surface area (Å²) in [4.78, 5) is 21.1. The molecule has 0 aliphatic heterocycles. The first-order chi connectivity index (χ1) is 8.65. The van der Waals surface area contributed by atoms with Gasteiger partial charge >= 0.3 is 6.09 Å². The highest BCUT2D eigenvalue weighted by molar-refractivity contribution is 5.76. The summed E-state index contributed by atoms with van der Waals surface area (Å²) in [6, 6.07) is 0. The number of carbonyl (C=O) groups is 2. The molecule has 6 nitrogen and oxygen atoms in total. The Morgan fingerprint density at radius 1 is 1.32 bits per heavy atom. The van der Waals surface area contributed by atoms with Gasteiger partial charge in [0.05, 0.1) is 6.10 Å². The number of carbonyl (C=O) groups excluding carboxylic acids is 2. The molecule has 1 fully saturated rings. The minimum atomic E-state index is -0.389. The van der Waals surface area contributed by atoms with Crippen LogP contribution in [0.25, 0.3) is 0 Å². The van der Waals surface area contributed by atoms with Gasteiger partial charge in [0.2, 0.25) is 5.91 Å². The Kier molecular flexibility index (Phi) is 7.44. The Hall–Kier alpha value is -1.30. The van der Waals surface area contributed by atoms with Gasteiger partial charge in [-0.1, -0.05) is 6.42 Å². The first-order valence-corrected chi connectivity index (χ1v) is 6.54. The number of rotatable bonds is 1. The molecule has 1 unspecified atom stereocenters. The lowest BCUT2D eigenvalue weighted by Gasteiger charge is -2.22. The van der Waals surface area contributed by atoms with Crippen LogP contribution in [0.3, 0.4) is 0 Å². The summed E-state index contributed by atoms with van der Waals surface area (Å²) in [5.74, 6) is -0.345.